The van der Waals surface area contributed by atoms with Crippen LogP contribution in [0.2, 0.25) is 0 Å². The second-order valence-electron chi connectivity index (χ2n) is 7.21. The fourth-order valence-electron chi connectivity index (χ4n) is 3.07. The predicted molar refractivity (Wildman–Crippen MR) is 112 cm³/mol. The van der Waals surface area contributed by atoms with Gasteiger partial charge >= 0.3 is 6.18 Å². The Balaban J connectivity index is 1.67. The highest BCUT2D eigenvalue weighted by molar-refractivity contribution is 5.84. The quantitative estimate of drug-likeness (QED) is 0.442. The Hall–Kier alpha value is -3.69. The average Bonchev–Trinajstić information content (AvgIpc) is 3.17. The van der Waals surface area contributed by atoms with Gasteiger partial charge in [0, 0.05) is 18.8 Å². The molecule has 2 N–H and O–H groups in total. The minimum absolute atomic E-state index is 0.110. The first-order valence-corrected chi connectivity index (χ1v) is 9.64. The van der Waals surface area contributed by atoms with Gasteiger partial charge in [0.15, 0.2) is 17.0 Å². The number of alkyl halides is 3. The number of hydrogen-bond acceptors (Lipinski definition) is 6. The molecular weight excluding hydrogens is 407 g/mol. The van der Waals surface area contributed by atoms with Crippen LogP contribution >= 0.6 is 0 Å². The minimum Gasteiger partial charge on any atom is -0.364 e. The molecule has 31 heavy (non-hydrogen) atoms. The summed E-state index contributed by atoms with van der Waals surface area (Å²) in [7, 11) is 0. The minimum atomic E-state index is -4.39. The van der Waals surface area contributed by atoms with E-state index in [1.54, 1.807) is 30.7 Å². The van der Waals surface area contributed by atoms with Crippen LogP contribution < -0.4 is 10.6 Å². The number of hydrogen-bond donors (Lipinski definition) is 2. The number of pyridine rings is 1. The van der Waals surface area contributed by atoms with Crippen molar-refractivity contribution in [3.05, 3.63) is 66.1 Å². The third-order valence-corrected chi connectivity index (χ3v) is 4.60. The van der Waals surface area contributed by atoms with E-state index in [9.17, 15) is 13.2 Å². The second kappa shape index (κ2) is 8.21. The summed E-state index contributed by atoms with van der Waals surface area (Å²) in [6, 6.07) is 10.7. The van der Waals surface area contributed by atoms with Gasteiger partial charge in [0.2, 0.25) is 5.95 Å². The molecule has 3 heterocycles. The molecule has 0 atom stereocenters. The first-order valence-electron chi connectivity index (χ1n) is 9.64. The van der Waals surface area contributed by atoms with Crippen molar-refractivity contribution >= 4 is 28.7 Å². The molecular formula is C21H20F3N7. The summed E-state index contributed by atoms with van der Waals surface area (Å²) in [6.07, 6.45) is -1.08. The Morgan fingerprint density at radius 2 is 1.87 bits per heavy atom. The summed E-state index contributed by atoms with van der Waals surface area (Å²) in [5, 5.41) is 6.16. The molecule has 10 heteroatoms. The maximum absolute atomic E-state index is 13.0. The summed E-state index contributed by atoms with van der Waals surface area (Å²) in [5.41, 5.74) is 0.924. The van der Waals surface area contributed by atoms with E-state index in [1.165, 1.54) is 6.07 Å². The molecule has 0 fully saturated rings. The smallest absolute Gasteiger partial charge is 0.364 e. The van der Waals surface area contributed by atoms with Crippen molar-refractivity contribution in [2.24, 2.45) is 0 Å². The Kier molecular flexibility index (Phi) is 5.45. The highest BCUT2D eigenvalue weighted by Crippen LogP contribution is 2.30. The third-order valence-electron chi connectivity index (χ3n) is 4.60. The molecule has 1 aromatic carbocycles. The number of benzene rings is 1. The predicted octanol–water partition coefficient (Wildman–Crippen LogP) is 5.18. The van der Waals surface area contributed by atoms with Gasteiger partial charge in [-0.2, -0.15) is 23.1 Å². The van der Waals surface area contributed by atoms with Crippen molar-refractivity contribution in [2.45, 2.75) is 32.6 Å². The summed E-state index contributed by atoms with van der Waals surface area (Å²) in [5.74, 6) is 1.29. The van der Waals surface area contributed by atoms with E-state index in [2.05, 4.69) is 30.6 Å². The van der Waals surface area contributed by atoms with Gasteiger partial charge in [-0.25, -0.2) is 9.97 Å². The number of anilines is 3. The maximum Gasteiger partial charge on any atom is 0.416 e. The zero-order chi connectivity index (χ0) is 22.0. The van der Waals surface area contributed by atoms with Crippen molar-refractivity contribution in [1.82, 2.24) is 24.5 Å². The molecule has 0 aliphatic rings. The van der Waals surface area contributed by atoms with Crippen LogP contribution in [0.3, 0.4) is 0 Å². The maximum atomic E-state index is 13.0. The number of fused-ring (bicyclic) bond motifs is 1. The van der Waals surface area contributed by atoms with Gasteiger partial charge < -0.3 is 15.2 Å². The fourth-order valence-corrected chi connectivity index (χ4v) is 3.07. The van der Waals surface area contributed by atoms with Crippen LogP contribution in [0, 0.1) is 0 Å². The van der Waals surface area contributed by atoms with Crippen molar-refractivity contribution in [3.63, 3.8) is 0 Å². The molecule has 3 aromatic heterocycles. The lowest BCUT2D eigenvalue weighted by Gasteiger charge is -2.13. The number of halogens is 3. The van der Waals surface area contributed by atoms with Crippen molar-refractivity contribution in [1.29, 1.82) is 0 Å². The molecule has 0 bridgehead atoms. The highest BCUT2D eigenvalue weighted by Gasteiger charge is 2.30. The highest BCUT2D eigenvalue weighted by atomic mass is 19.4. The Morgan fingerprint density at radius 3 is 2.58 bits per heavy atom. The number of rotatable bonds is 6. The van der Waals surface area contributed by atoms with Crippen LogP contribution in [0.15, 0.2) is 55.0 Å². The zero-order valence-electron chi connectivity index (χ0n) is 16.9. The summed E-state index contributed by atoms with van der Waals surface area (Å²) < 4.78 is 40.9. The lowest BCUT2D eigenvalue weighted by Crippen LogP contribution is -2.09. The molecule has 0 saturated carbocycles. The van der Waals surface area contributed by atoms with Gasteiger partial charge in [-0.05, 0) is 43.7 Å². The Morgan fingerprint density at radius 1 is 1.03 bits per heavy atom. The van der Waals surface area contributed by atoms with E-state index < -0.39 is 11.7 Å². The van der Waals surface area contributed by atoms with Crippen LogP contribution in [0.5, 0.6) is 0 Å². The summed E-state index contributed by atoms with van der Waals surface area (Å²) in [4.78, 5) is 17.7. The van der Waals surface area contributed by atoms with Crippen LogP contribution in [0.4, 0.5) is 30.8 Å². The number of nitrogens with zero attached hydrogens (tertiary/aromatic N) is 5. The molecule has 0 spiro atoms. The number of nitrogens with one attached hydrogen (secondary N) is 2. The fraction of sp³-hybridized carbons (Fsp3) is 0.238. The summed E-state index contributed by atoms with van der Waals surface area (Å²) >= 11 is 0. The van der Waals surface area contributed by atoms with Gasteiger partial charge in [-0.1, -0.05) is 18.2 Å². The molecule has 0 unspecified atom stereocenters. The first kappa shape index (κ1) is 20.6. The normalized spacial score (nSPS) is 11.8. The standard InChI is InChI=1S/C21H20F3N7/c1-13(2)31-12-27-17-18(26-11-14-6-5-7-15(10-14)21(22,23)24)29-20(30-19(17)31)28-16-8-3-4-9-25-16/h3-10,12-13H,11H2,1-2H3,(H2,25,26,28,29,30). The molecule has 160 valence electrons. The van der Waals surface area contributed by atoms with E-state index in [4.69, 9.17) is 0 Å². The Bertz CT molecular complexity index is 1190. The Labute approximate surface area is 176 Å². The van der Waals surface area contributed by atoms with Crippen molar-refractivity contribution in [3.8, 4) is 0 Å². The van der Waals surface area contributed by atoms with E-state index in [-0.39, 0.29) is 12.6 Å². The van der Waals surface area contributed by atoms with Gasteiger partial charge in [0.05, 0.1) is 11.9 Å². The third kappa shape index (κ3) is 4.57. The lowest BCUT2D eigenvalue weighted by molar-refractivity contribution is -0.137. The molecule has 4 rings (SSSR count). The van der Waals surface area contributed by atoms with Crippen molar-refractivity contribution in [2.75, 3.05) is 10.6 Å². The summed E-state index contributed by atoms with van der Waals surface area (Å²) in [6.45, 7) is 4.16. The number of imidazole rings is 1. The van der Waals surface area contributed by atoms with Gasteiger partial charge in [0.25, 0.3) is 0 Å². The molecule has 4 aromatic rings. The molecule has 0 aliphatic heterocycles. The molecule has 7 nitrogen and oxygen atoms in total. The number of aromatic nitrogens is 5. The van der Waals surface area contributed by atoms with Crippen LogP contribution in [0.25, 0.3) is 11.2 Å². The SMILES string of the molecule is CC(C)n1cnc2c(NCc3cccc(C(F)(F)F)c3)nc(Nc3ccccn3)nc21. The topological polar surface area (TPSA) is 80.5 Å². The zero-order valence-corrected chi connectivity index (χ0v) is 16.9. The first-order chi connectivity index (χ1) is 14.8. The van der Waals surface area contributed by atoms with Gasteiger partial charge in [-0.15, -0.1) is 0 Å². The van der Waals surface area contributed by atoms with Crippen LogP contribution in [-0.2, 0) is 12.7 Å². The molecule has 0 amide bonds. The van der Waals surface area contributed by atoms with E-state index in [1.807, 2.05) is 24.5 Å². The van der Waals surface area contributed by atoms with E-state index in [0.717, 1.165) is 12.1 Å². The van der Waals surface area contributed by atoms with Crippen molar-refractivity contribution < 1.29 is 13.2 Å². The van der Waals surface area contributed by atoms with Crippen LogP contribution in [-0.4, -0.2) is 24.5 Å². The van der Waals surface area contributed by atoms with E-state index in [0.29, 0.717) is 34.3 Å². The molecule has 0 saturated heterocycles. The molecule has 0 radical (unpaired) electrons. The molecule has 0 aliphatic carbocycles. The monoisotopic (exact) mass is 427 g/mol. The lowest BCUT2D eigenvalue weighted by atomic mass is 10.1. The van der Waals surface area contributed by atoms with Gasteiger partial charge in [0.1, 0.15) is 5.82 Å². The van der Waals surface area contributed by atoms with Gasteiger partial charge in [-0.3, -0.25) is 0 Å². The average molecular weight is 427 g/mol. The van der Waals surface area contributed by atoms with E-state index >= 15 is 0 Å². The second-order valence-corrected chi connectivity index (χ2v) is 7.21. The largest absolute Gasteiger partial charge is 0.416 e. The van der Waals surface area contributed by atoms with Crippen LogP contribution in [0.1, 0.15) is 31.0 Å².